The quantitative estimate of drug-likeness (QED) is 0.693. The summed E-state index contributed by atoms with van der Waals surface area (Å²) in [6, 6.07) is 8.67. The van der Waals surface area contributed by atoms with Gasteiger partial charge in [-0.2, -0.15) is 0 Å². The molecule has 1 aliphatic rings. The number of nitrogens with zero attached hydrogens (tertiary/aromatic N) is 3. The maximum Gasteiger partial charge on any atom is 0.194 e. The summed E-state index contributed by atoms with van der Waals surface area (Å²) in [6.07, 6.45) is 1.07. The fraction of sp³-hybridized carbons (Fsp3) is 0.444. The number of thiazole rings is 1. The van der Waals surface area contributed by atoms with E-state index in [1.54, 1.807) is 11.3 Å². The summed E-state index contributed by atoms with van der Waals surface area (Å²) in [5.41, 5.74) is 3.95. The molecule has 1 aliphatic heterocycles. The van der Waals surface area contributed by atoms with Crippen LogP contribution in [0.3, 0.4) is 0 Å². The lowest BCUT2D eigenvalue weighted by molar-refractivity contribution is 0.378. The third-order valence-electron chi connectivity index (χ3n) is 4.13. The zero-order chi connectivity index (χ0) is 16.2. The van der Waals surface area contributed by atoms with Crippen LogP contribution in [0.5, 0.6) is 0 Å². The maximum absolute atomic E-state index is 4.68. The van der Waals surface area contributed by atoms with E-state index in [4.69, 9.17) is 0 Å². The van der Waals surface area contributed by atoms with Crippen LogP contribution in [0.1, 0.15) is 41.6 Å². The van der Waals surface area contributed by atoms with Gasteiger partial charge in [-0.05, 0) is 17.5 Å². The van der Waals surface area contributed by atoms with E-state index in [1.165, 1.54) is 16.1 Å². The van der Waals surface area contributed by atoms with Crippen LogP contribution in [0.15, 0.2) is 34.6 Å². The van der Waals surface area contributed by atoms with Gasteiger partial charge in [0.2, 0.25) is 0 Å². The summed E-state index contributed by atoms with van der Waals surface area (Å²) in [7, 11) is 1.85. The SMILES string of the molecule is CN=C(NCc1csc(C(C)C)n1)N1CCc2ccccc2C1. The Hall–Kier alpha value is -1.88. The molecule has 0 aliphatic carbocycles. The lowest BCUT2D eigenvalue weighted by atomic mass is 10.0. The highest BCUT2D eigenvalue weighted by Crippen LogP contribution is 2.20. The number of fused-ring (bicyclic) bond motifs is 1. The van der Waals surface area contributed by atoms with Crippen molar-refractivity contribution in [1.82, 2.24) is 15.2 Å². The van der Waals surface area contributed by atoms with Crippen LogP contribution in [-0.4, -0.2) is 29.4 Å². The van der Waals surface area contributed by atoms with Crippen LogP contribution >= 0.6 is 11.3 Å². The van der Waals surface area contributed by atoms with Gasteiger partial charge in [-0.25, -0.2) is 4.98 Å². The normalized spacial score (nSPS) is 15.0. The predicted octanol–water partition coefficient (Wildman–Crippen LogP) is 3.40. The molecule has 0 amide bonds. The Morgan fingerprint density at radius 1 is 1.35 bits per heavy atom. The van der Waals surface area contributed by atoms with Crippen molar-refractivity contribution in [2.75, 3.05) is 13.6 Å². The van der Waals surface area contributed by atoms with Crippen molar-refractivity contribution in [3.05, 3.63) is 51.5 Å². The number of guanidine groups is 1. The topological polar surface area (TPSA) is 40.5 Å². The zero-order valence-electron chi connectivity index (χ0n) is 14.0. The van der Waals surface area contributed by atoms with Gasteiger partial charge in [0.25, 0.3) is 0 Å². The van der Waals surface area contributed by atoms with Gasteiger partial charge in [-0.15, -0.1) is 11.3 Å². The van der Waals surface area contributed by atoms with Crippen LogP contribution in [0.2, 0.25) is 0 Å². The Bertz CT molecular complexity index is 690. The lowest BCUT2D eigenvalue weighted by Gasteiger charge is -2.31. The van der Waals surface area contributed by atoms with Gasteiger partial charge in [-0.3, -0.25) is 4.99 Å². The highest BCUT2D eigenvalue weighted by Gasteiger charge is 2.18. The fourth-order valence-corrected chi connectivity index (χ4v) is 3.68. The minimum atomic E-state index is 0.492. The largest absolute Gasteiger partial charge is 0.351 e. The molecule has 1 aromatic heterocycles. The molecule has 0 saturated heterocycles. The Balaban J connectivity index is 1.62. The molecule has 2 heterocycles. The van der Waals surface area contributed by atoms with E-state index in [0.29, 0.717) is 5.92 Å². The Labute approximate surface area is 142 Å². The van der Waals surface area contributed by atoms with Crippen molar-refractivity contribution in [3.8, 4) is 0 Å². The molecule has 0 radical (unpaired) electrons. The van der Waals surface area contributed by atoms with Crippen molar-refractivity contribution >= 4 is 17.3 Å². The lowest BCUT2D eigenvalue weighted by Crippen LogP contribution is -2.43. The Morgan fingerprint density at radius 3 is 2.83 bits per heavy atom. The van der Waals surface area contributed by atoms with Gasteiger partial charge in [0.05, 0.1) is 17.2 Å². The summed E-state index contributed by atoms with van der Waals surface area (Å²) in [6.45, 7) is 7.02. The molecule has 0 saturated carbocycles. The van der Waals surface area contributed by atoms with Gasteiger partial charge in [-0.1, -0.05) is 38.1 Å². The standard InChI is InChI=1S/C18H24N4S/c1-13(2)17-21-16(12-23-17)10-20-18(19-3)22-9-8-14-6-4-5-7-15(14)11-22/h4-7,12-13H,8-11H2,1-3H3,(H,19,20). The van der Waals surface area contributed by atoms with Crippen molar-refractivity contribution in [3.63, 3.8) is 0 Å². The second-order valence-corrected chi connectivity index (χ2v) is 7.06. The van der Waals surface area contributed by atoms with E-state index < -0.39 is 0 Å². The second-order valence-electron chi connectivity index (χ2n) is 6.17. The molecule has 3 rings (SSSR count). The number of hydrogen-bond acceptors (Lipinski definition) is 3. The van der Waals surface area contributed by atoms with Crippen LogP contribution in [0.25, 0.3) is 0 Å². The first-order chi connectivity index (χ1) is 11.2. The van der Waals surface area contributed by atoms with Gasteiger partial charge >= 0.3 is 0 Å². The van der Waals surface area contributed by atoms with Crippen molar-refractivity contribution in [2.24, 2.45) is 4.99 Å². The van der Waals surface area contributed by atoms with Crippen LogP contribution in [0, 0.1) is 0 Å². The molecule has 0 bridgehead atoms. The van der Waals surface area contributed by atoms with Crippen LogP contribution in [0.4, 0.5) is 0 Å². The third-order valence-corrected chi connectivity index (χ3v) is 5.33. The molecule has 0 spiro atoms. The van der Waals surface area contributed by atoms with E-state index in [2.05, 4.69) is 63.7 Å². The van der Waals surface area contributed by atoms with Crippen LogP contribution in [-0.2, 0) is 19.5 Å². The van der Waals surface area contributed by atoms with Crippen molar-refractivity contribution in [1.29, 1.82) is 0 Å². The molecule has 0 atom stereocenters. The first kappa shape index (κ1) is 16.0. The molecule has 5 heteroatoms. The molecule has 0 unspecified atom stereocenters. The van der Waals surface area contributed by atoms with E-state index >= 15 is 0 Å². The Morgan fingerprint density at radius 2 is 2.13 bits per heavy atom. The minimum absolute atomic E-state index is 0.492. The summed E-state index contributed by atoms with van der Waals surface area (Å²) < 4.78 is 0. The van der Waals surface area contributed by atoms with Gasteiger partial charge in [0.1, 0.15) is 0 Å². The third kappa shape index (κ3) is 3.72. The average Bonchev–Trinajstić information content (AvgIpc) is 3.04. The van der Waals surface area contributed by atoms with E-state index in [9.17, 15) is 0 Å². The first-order valence-corrected chi connectivity index (χ1v) is 9.02. The average molecular weight is 328 g/mol. The highest BCUT2D eigenvalue weighted by molar-refractivity contribution is 7.09. The van der Waals surface area contributed by atoms with Crippen molar-refractivity contribution < 1.29 is 0 Å². The summed E-state index contributed by atoms with van der Waals surface area (Å²) in [5.74, 6) is 1.45. The minimum Gasteiger partial charge on any atom is -0.351 e. The van der Waals surface area contributed by atoms with E-state index in [-0.39, 0.29) is 0 Å². The number of hydrogen-bond donors (Lipinski definition) is 1. The highest BCUT2D eigenvalue weighted by atomic mass is 32.1. The molecular formula is C18H24N4S. The van der Waals surface area contributed by atoms with Gasteiger partial charge < -0.3 is 10.2 Å². The maximum atomic E-state index is 4.68. The van der Waals surface area contributed by atoms with E-state index in [1.807, 2.05) is 7.05 Å². The zero-order valence-corrected chi connectivity index (χ0v) is 14.9. The fourth-order valence-electron chi connectivity index (χ4n) is 2.85. The smallest absolute Gasteiger partial charge is 0.194 e. The summed E-state index contributed by atoms with van der Waals surface area (Å²) >= 11 is 1.74. The molecule has 1 aromatic carbocycles. The second kappa shape index (κ2) is 7.13. The summed E-state index contributed by atoms with van der Waals surface area (Å²) in [5, 5.41) is 6.80. The van der Waals surface area contributed by atoms with E-state index in [0.717, 1.165) is 37.7 Å². The molecular weight excluding hydrogens is 304 g/mol. The number of aromatic nitrogens is 1. The molecule has 2 aromatic rings. The molecule has 1 N–H and O–H groups in total. The van der Waals surface area contributed by atoms with Gasteiger partial charge in [0, 0.05) is 31.4 Å². The first-order valence-electron chi connectivity index (χ1n) is 8.14. The monoisotopic (exact) mass is 328 g/mol. The molecule has 23 heavy (non-hydrogen) atoms. The molecule has 122 valence electrons. The van der Waals surface area contributed by atoms with Gasteiger partial charge in [0.15, 0.2) is 5.96 Å². The Kier molecular flexibility index (Phi) is 4.96. The van der Waals surface area contributed by atoms with Crippen LogP contribution < -0.4 is 5.32 Å². The van der Waals surface area contributed by atoms with Crippen molar-refractivity contribution in [2.45, 2.75) is 39.3 Å². The summed E-state index contributed by atoms with van der Waals surface area (Å²) in [4.78, 5) is 11.4. The number of aliphatic imine (C=N–C) groups is 1. The number of nitrogens with one attached hydrogen (secondary N) is 1. The number of benzene rings is 1. The predicted molar refractivity (Wildman–Crippen MR) is 97.0 cm³/mol. The molecule has 4 nitrogen and oxygen atoms in total. The number of rotatable bonds is 3. The molecule has 0 fully saturated rings.